The molecule has 0 bridgehead atoms. The summed E-state index contributed by atoms with van der Waals surface area (Å²) in [6, 6.07) is 0. The Labute approximate surface area is 254 Å². The number of hydrogen-bond donors (Lipinski definition) is 0. The van der Waals surface area contributed by atoms with E-state index >= 15 is 0 Å². The van der Waals surface area contributed by atoms with Gasteiger partial charge in [0.15, 0.2) is 0 Å². The highest BCUT2D eigenvalue weighted by atomic mass is 14.3. The van der Waals surface area contributed by atoms with E-state index in [0.29, 0.717) is 10.8 Å². The molecular weight excluding hydrogens is 480 g/mol. The lowest BCUT2D eigenvalue weighted by atomic mass is 9.70. The van der Waals surface area contributed by atoms with Gasteiger partial charge in [-0.05, 0) is 113 Å². The van der Waals surface area contributed by atoms with Gasteiger partial charge in [-0.3, -0.25) is 0 Å². The summed E-state index contributed by atoms with van der Waals surface area (Å²) in [5.41, 5.74) is 7.93. The maximum Gasteiger partial charge on any atom is -0.0142 e. The number of rotatable bonds is 19. The van der Waals surface area contributed by atoms with Crippen LogP contribution in [0.2, 0.25) is 0 Å². The van der Waals surface area contributed by atoms with Gasteiger partial charge in [-0.25, -0.2) is 0 Å². The predicted octanol–water partition coefficient (Wildman–Crippen LogP) is 14.0. The van der Waals surface area contributed by atoms with E-state index in [1.165, 1.54) is 128 Å². The Hall–Kier alpha value is -0.520. The zero-order valence-electron chi connectivity index (χ0n) is 29.5. The van der Waals surface area contributed by atoms with E-state index in [9.17, 15) is 0 Å². The van der Waals surface area contributed by atoms with Gasteiger partial charge in [0.05, 0.1) is 0 Å². The van der Waals surface area contributed by atoms with Crippen LogP contribution in [-0.4, -0.2) is 0 Å². The molecule has 0 nitrogen and oxygen atoms in total. The minimum Gasteiger partial charge on any atom is -0.0736 e. The second-order valence-corrected chi connectivity index (χ2v) is 16.6. The fourth-order valence-electron chi connectivity index (χ4n) is 8.43. The first-order chi connectivity index (χ1) is 18.8. The first-order valence-corrected chi connectivity index (χ1v) is 18.2. The highest BCUT2D eigenvalue weighted by Gasteiger charge is 2.29. The average Bonchev–Trinajstić information content (AvgIpc) is 2.85. The van der Waals surface area contributed by atoms with Crippen LogP contribution in [0.1, 0.15) is 198 Å². The monoisotopic (exact) mass is 555 g/mol. The van der Waals surface area contributed by atoms with Crippen molar-refractivity contribution in [3.8, 4) is 0 Å². The fourth-order valence-corrected chi connectivity index (χ4v) is 8.43. The number of hydrogen-bond acceptors (Lipinski definition) is 0. The molecule has 40 heavy (non-hydrogen) atoms. The number of allylic oxidation sites excluding steroid dienone is 4. The minimum atomic E-state index is 0.454. The van der Waals surface area contributed by atoms with Crippen molar-refractivity contribution in [3.05, 3.63) is 22.3 Å². The van der Waals surface area contributed by atoms with Crippen LogP contribution >= 0.6 is 0 Å². The van der Waals surface area contributed by atoms with Gasteiger partial charge in [0.2, 0.25) is 0 Å². The molecule has 0 fully saturated rings. The third-order valence-electron chi connectivity index (χ3n) is 11.6. The molecule has 0 saturated carbocycles. The van der Waals surface area contributed by atoms with Crippen LogP contribution in [0.25, 0.3) is 0 Å². The lowest BCUT2D eigenvalue weighted by molar-refractivity contribution is 0.336. The van der Waals surface area contributed by atoms with Crippen molar-refractivity contribution >= 4 is 0 Å². The Balaban J connectivity index is 1.48. The molecule has 0 amide bonds. The standard InChI is InChI=1S/C40H74/c1-31(19-13-21-33(3)25-27-37-35(5)23-15-29-39(37,7)8)17-11-12-18-32(2)20-14-22-34(4)26-28-38-36(6)24-16-30-40(38,9)10/h31-34H,11-30H2,1-10H3/t31-,32+,33-,34+. The molecule has 4 atom stereocenters. The van der Waals surface area contributed by atoms with E-state index in [0.717, 1.165) is 23.7 Å². The molecule has 234 valence electrons. The SMILES string of the molecule is CC1=C(CC[C@H](C)CCC[C@H](C)CCCC[C@H](C)CCC[C@H](C)CCC2=C(C)CCCC2(C)C)C(C)(C)CCC1. The molecule has 0 spiro atoms. The zero-order valence-corrected chi connectivity index (χ0v) is 29.5. The van der Waals surface area contributed by atoms with Gasteiger partial charge < -0.3 is 0 Å². The quantitative estimate of drug-likeness (QED) is 0.110. The van der Waals surface area contributed by atoms with E-state index in [1.54, 1.807) is 22.3 Å². The minimum absolute atomic E-state index is 0.454. The summed E-state index contributed by atoms with van der Waals surface area (Å²) in [4.78, 5) is 0. The van der Waals surface area contributed by atoms with Gasteiger partial charge in [-0.2, -0.15) is 0 Å². The molecule has 0 aromatic carbocycles. The van der Waals surface area contributed by atoms with E-state index in [4.69, 9.17) is 0 Å². The maximum absolute atomic E-state index is 2.51. The summed E-state index contributed by atoms with van der Waals surface area (Å²) < 4.78 is 0. The maximum atomic E-state index is 2.51. The summed E-state index contributed by atoms with van der Waals surface area (Å²) in [5, 5.41) is 0. The predicted molar refractivity (Wildman–Crippen MR) is 182 cm³/mol. The molecule has 2 rings (SSSR count). The zero-order chi connectivity index (χ0) is 29.8. The normalized spacial score (nSPS) is 22.4. The van der Waals surface area contributed by atoms with Crippen molar-refractivity contribution in [1.82, 2.24) is 0 Å². The van der Waals surface area contributed by atoms with Crippen molar-refractivity contribution in [1.29, 1.82) is 0 Å². The van der Waals surface area contributed by atoms with Crippen molar-refractivity contribution in [2.75, 3.05) is 0 Å². The Bertz CT molecular complexity index is 708. The molecule has 0 radical (unpaired) electrons. The Morgan fingerprint density at radius 1 is 0.475 bits per heavy atom. The number of unbranched alkanes of at least 4 members (excludes halogenated alkanes) is 1. The van der Waals surface area contributed by atoms with E-state index in [-0.39, 0.29) is 0 Å². The summed E-state index contributed by atoms with van der Waals surface area (Å²) in [6.45, 7) is 24.8. The Morgan fingerprint density at radius 3 is 1.10 bits per heavy atom. The molecule has 0 aliphatic heterocycles. The second-order valence-electron chi connectivity index (χ2n) is 16.6. The lowest BCUT2D eigenvalue weighted by Gasteiger charge is -2.35. The van der Waals surface area contributed by atoms with Crippen molar-refractivity contribution < 1.29 is 0 Å². The van der Waals surface area contributed by atoms with Gasteiger partial charge >= 0.3 is 0 Å². The smallest absolute Gasteiger partial charge is 0.0142 e. The van der Waals surface area contributed by atoms with Gasteiger partial charge in [0.25, 0.3) is 0 Å². The molecule has 0 aromatic heterocycles. The van der Waals surface area contributed by atoms with Crippen LogP contribution in [-0.2, 0) is 0 Å². The lowest BCUT2D eigenvalue weighted by Crippen LogP contribution is -2.20. The van der Waals surface area contributed by atoms with Gasteiger partial charge in [0.1, 0.15) is 0 Å². The topological polar surface area (TPSA) is 0 Å². The first-order valence-electron chi connectivity index (χ1n) is 18.2. The molecule has 0 N–H and O–H groups in total. The van der Waals surface area contributed by atoms with E-state index < -0.39 is 0 Å². The largest absolute Gasteiger partial charge is 0.0736 e. The van der Waals surface area contributed by atoms with Crippen LogP contribution in [0.3, 0.4) is 0 Å². The third kappa shape index (κ3) is 12.8. The van der Waals surface area contributed by atoms with Crippen molar-refractivity contribution in [2.24, 2.45) is 34.5 Å². The summed E-state index contributed by atoms with van der Waals surface area (Å²) >= 11 is 0. The Kier molecular flexibility index (Phi) is 15.7. The summed E-state index contributed by atoms with van der Waals surface area (Å²) in [5.74, 6) is 3.60. The van der Waals surface area contributed by atoms with Crippen molar-refractivity contribution in [3.63, 3.8) is 0 Å². The van der Waals surface area contributed by atoms with Crippen LogP contribution in [0.4, 0.5) is 0 Å². The van der Waals surface area contributed by atoms with Gasteiger partial charge in [0, 0.05) is 0 Å². The molecule has 2 aliphatic carbocycles. The Morgan fingerprint density at radius 2 is 0.775 bits per heavy atom. The highest BCUT2D eigenvalue weighted by molar-refractivity contribution is 5.23. The molecule has 0 heteroatoms. The average molecular weight is 555 g/mol. The second kappa shape index (κ2) is 17.6. The third-order valence-corrected chi connectivity index (χ3v) is 11.6. The summed E-state index contributed by atoms with van der Waals surface area (Å²) in [7, 11) is 0. The van der Waals surface area contributed by atoms with Crippen molar-refractivity contribution in [2.45, 2.75) is 198 Å². The first kappa shape index (κ1) is 35.7. The fraction of sp³-hybridized carbons (Fsp3) is 0.900. The molecular formula is C40H74. The molecule has 0 aromatic rings. The van der Waals surface area contributed by atoms with Crippen LogP contribution in [0.15, 0.2) is 22.3 Å². The molecule has 0 unspecified atom stereocenters. The van der Waals surface area contributed by atoms with Crippen LogP contribution < -0.4 is 0 Å². The molecule has 2 aliphatic rings. The summed E-state index contributed by atoms with van der Waals surface area (Å²) in [6.07, 6.45) is 28.2. The van der Waals surface area contributed by atoms with Gasteiger partial charge in [-0.15, -0.1) is 0 Å². The van der Waals surface area contributed by atoms with E-state index in [2.05, 4.69) is 69.2 Å². The van der Waals surface area contributed by atoms with Gasteiger partial charge in [-0.1, -0.05) is 142 Å². The molecule has 0 heterocycles. The van der Waals surface area contributed by atoms with Crippen LogP contribution in [0.5, 0.6) is 0 Å². The molecule has 0 saturated heterocycles. The highest BCUT2D eigenvalue weighted by Crippen LogP contribution is 2.44. The van der Waals surface area contributed by atoms with E-state index in [1.807, 2.05) is 0 Å². The van der Waals surface area contributed by atoms with Crippen LogP contribution in [0, 0.1) is 34.5 Å².